The van der Waals surface area contributed by atoms with E-state index in [2.05, 4.69) is 19.2 Å². The van der Waals surface area contributed by atoms with Gasteiger partial charge >= 0.3 is 0 Å². The number of rotatable bonds is 2. The summed E-state index contributed by atoms with van der Waals surface area (Å²) in [5.41, 5.74) is -1.63. The number of benzene rings is 1. The minimum Gasteiger partial charge on any atom is -0.483 e. The molecule has 1 aromatic carbocycles. The molecule has 2 heterocycles. The molecule has 5 aliphatic rings. The molecule has 0 radical (unpaired) electrons. The highest BCUT2D eigenvalue weighted by Gasteiger charge is 2.72. The fourth-order valence-electron chi connectivity index (χ4n) is 8.96. The zero-order valence-electron chi connectivity index (χ0n) is 21.6. The fraction of sp³-hybridized carbons (Fsp3) is 0.724. The van der Waals surface area contributed by atoms with E-state index in [0.29, 0.717) is 24.5 Å². The van der Waals surface area contributed by atoms with E-state index in [1.807, 2.05) is 44.2 Å². The molecule has 2 aliphatic heterocycles. The molecule has 6 rings (SSSR count). The Morgan fingerprint density at radius 2 is 1.78 bits per heavy atom. The summed E-state index contributed by atoms with van der Waals surface area (Å²) in [4.78, 5) is 26.5. The third-order valence-corrected chi connectivity index (χ3v) is 11.1. The van der Waals surface area contributed by atoms with Crippen molar-refractivity contribution in [2.24, 2.45) is 40.4 Å². The molecule has 7 heteroatoms. The number of carbonyl (C=O) groups excluding carboxylic acids is 2. The number of aliphatic hydroxyl groups excluding tert-OH is 2. The van der Waals surface area contributed by atoms with Crippen LogP contribution in [-0.4, -0.2) is 52.0 Å². The van der Waals surface area contributed by atoms with E-state index in [1.54, 1.807) is 0 Å². The summed E-state index contributed by atoms with van der Waals surface area (Å²) < 4.78 is 13.6. The van der Waals surface area contributed by atoms with Gasteiger partial charge in [-0.15, -0.1) is 0 Å². The quantitative estimate of drug-likeness (QED) is 0.580. The van der Waals surface area contributed by atoms with Gasteiger partial charge in [-0.25, -0.2) is 0 Å². The van der Waals surface area contributed by atoms with Crippen LogP contribution in [0.5, 0.6) is 5.75 Å². The molecule has 11 atom stereocenters. The predicted octanol–water partition coefficient (Wildman–Crippen LogP) is 3.07. The van der Waals surface area contributed by atoms with Gasteiger partial charge in [-0.05, 0) is 43.7 Å². The molecule has 1 amide bonds. The van der Waals surface area contributed by atoms with E-state index in [0.717, 1.165) is 19.3 Å². The molecule has 1 aromatic rings. The molecular formula is C29H39NO6. The number of fused-ring (bicyclic) bond motifs is 3. The maximum absolute atomic E-state index is 13.9. The smallest absolute Gasteiger partial charge is 0.225 e. The number of nitrogens with one attached hydrogen (secondary N) is 1. The zero-order chi connectivity index (χ0) is 25.6. The lowest BCUT2D eigenvalue weighted by Crippen LogP contribution is -2.75. The fourth-order valence-corrected chi connectivity index (χ4v) is 8.96. The number of hydrogen-bond donors (Lipinski definition) is 3. The first-order valence-corrected chi connectivity index (χ1v) is 13.6. The van der Waals surface area contributed by atoms with Crippen molar-refractivity contribution in [3.8, 4) is 5.75 Å². The van der Waals surface area contributed by atoms with Crippen LogP contribution in [0.1, 0.15) is 59.8 Å². The average molecular weight is 498 g/mol. The van der Waals surface area contributed by atoms with Crippen molar-refractivity contribution < 1.29 is 29.3 Å². The Bertz CT molecular complexity index is 1060. The normalized spacial score (nSPS) is 49.2. The molecule has 196 valence electrons. The van der Waals surface area contributed by atoms with Gasteiger partial charge in [-0.3, -0.25) is 9.59 Å². The van der Waals surface area contributed by atoms with Crippen LogP contribution in [0.4, 0.5) is 0 Å². The lowest BCUT2D eigenvalue weighted by molar-refractivity contribution is -0.332. The summed E-state index contributed by atoms with van der Waals surface area (Å²) in [6, 6.07) is 9.47. The van der Waals surface area contributed by atoms with Gasteiger partial charge in [0.25, 0.3) is 0 Å². The van der Waals surface area contributed by atoms with Crippen molar-refractivity contribution in [1.82, 2.24) is 5.32 Å². The number of amides is 1. The second kappa shape index (κ2) is 8.02. The number of ketones is 1. The van der Waals surface area contributed by atoms with Crippen LogP contribution in [-0.2, 0) is 14.3 Å². The third kappa shape index (κ3) is 3.15. The van der Waals surface area contributed by atoms with Gasteiger partial charge in [0, 0.05) is 35.0 Å². The topological polar surface area (TPSA) is 105 Å². The van der Waals surface area contributed by atoms with Crippen molar-refractivity contribution in [3.63, 3.8) is 0 Å². The molecular weight excluding hydrogens is 458 g/mol. The van der Waals surface area contributed by atoms with E-state index >= 15 is 0 Å². The van der Waals surface area contributed by atoms with Crippen LogP contribution >= 0.6 is 0 Å². The predicted molar refractivity (Wildman–Crippen MR) is 132 cm³/mol. The first kappa shape index (κ1) is 24.4. The first-order chi connectivity index (χ1) is 17.0. The number of hydrogen-bond acceptors (Lipinski definition) is 6. The highest BCUT2D eigenvalue weighted by Crippen LogP contribution is 2.68. The molecule has 7 nitrogen and oxygen atoms in total. The number of para-hydroxylation sites is 1. The van der Waals surface area contributed by atoms with E-state index < -0.39 is 47.4 Å². The van der Waals surface area contributed by atoms with E-state index in [-0.39, 0.29) is 28.9 Å². The summed E-state index contributed by atoms with van der Waals surface area (Å²) in [6.45, 7) is 8.61. The van der Waals surface area contributed by atoms with Gasteiger partial charge in [-0.1, -0.05) is 45.9 Å². The third-order valence-electron chi connectivity index (χ3n) is 11.1. The highest BCUT2D eigenvalue weighted by atomic mass is 16.5. The SMILES string of the molecule is CC1CCC2C(C)(C)C(=O)C(Oc3ccccc3)CC23OC2C(CC13C)C(O)CC1C(=O)NC(O)C12. The number of carbonyl (C=O) groups is 2. The van der Waals surface area contributed by atoms with Crippen LogP contribution in [0.3, 0.4) is 0 Å². The van der Waals surface area contributed by atoms with Crippen molar-refractivity contribution in [1.29, 1.82) is 0 Å². The van der Waals surface area contributed by atoms with Crippen LogP contribution in [0.15, 0.2) is 30.3 Å². The second-order valence-corrected chi connectivity index (χ2v) is 12.9. The monoisotopic (exact) mass is 497 g/mol. The number of aliphatic hydroxyl groups is 2. The summed E-state index contributed by atoms with van der Waals surface area (Å²) in [5.74, 6) is -0.178. The molecule has 3 saturated carbocycles. The molecule has 2 saturated heterocycles. The molecule has 1 spiro atoms. The van der Waals surface area contributed by atoms with E-state index in [1.165, 1.54) is 0 Å². The van der Waals surface area contributed by atoms with Gasteiger partial charge in [0.2, 0.25) is 5.91 Å². The van der Waals surface area contributed by atoms with E-state index in [9.17, 15) is 19.8 Å². The molecule has 0 aromatic heterocycles. The molecule has 3 aliphatic carbocycles. The van der Waals surface area contributed by atoms with E-state index in [4.69, 9.17) is 9.47 Å². The Morgan fingerprint density at radius 3 is 2.50 bits per heavy atom. The summed E-state index contributed by atoms with van der Waals surface area (Å²) in [6.07, 6.45) is 0.625. The Morgan fingerprint density at radius 1 is 1.06 bits per heavy atom. The van der Waals surface area contributed by atoms with Crippen LogP contribution in [0.2, 0.25) is 0 Å². The van der Waals surface area contributed by atoms with Gasteiger partial charge < -0.3 is 25.0 Å². The summed E-state index contributed by atoms with van der Waals surface area (Å²) >= 11 is 0. The average Bonchev–Trinajstić information content (AvgIpc) is 3.11. The van der Waals surface area contributed by atoms with Crippen LogP contribution in [0.25, 0.3) is 0 Å². The lowest BCUT2D eigenvalue weighted by Gasteiger charge is -2.70. The summed E-state index contributed by atoms with van der Waals surface area (Å²) in [7, 11) is 0. The number of Topliss-reactive ketones (excluding diaryl/α,β-unsaturated/α-hetero) is 1. The molecule has 3 N–H and O–H groups in total. The van der Waals surface area contributed by atoms with Crippen molar-refractivity contribution >= 4 is 11.7 Å². The minimum absolute atomic E-state index is 0.0185. The van der Waals surface area contributed by atoms with Crippen LogP contribution in [0, 0.1) is 40.4 Å². The highest BCUT2D eigenvalue weighted by molar-refractivity contribution is 5.90. The molecule has 5 fully saturated rings. The summed E-state index contributed by atoms with van der Waals surface area (Å²) in [5, 5.41) is 24.7. The van der Waals surface area contributed by atoms with Crippen molar-refractivity contribution in [2.45, 2.75) is 89.9 Å². The van der Waals surface area contributed by atoms with Gasteiger partial charge in [-0.2, -0.15) is 0 Å². The largest absolute Gasteiger partial charge is 0.483 e. The number of ether oxygens (including phenoxy) is 2. The first-order valence-electron chi connectivity index (χ1n) is 13.6. The zero-order valence-corrected chi connectivity index (χ0v) is 21.6. The maximum atomic E-state index is 13.9. The van der Waals surface area contributed by atoms with Gasteiger partial charge in [0.15, 0.2) is 11.9 Å². The Kier molecular flexibility index (Phi) is 5.43. The maximum Gasteiger partial charge on any atom is 0.225 e. The Hall–Kier alpha value is -1.96. The second-order valence-electron chi connectivity index (χ2n) is 12.9. The Balaban J connectivity index is 1.45. The van der Waals surface area contributed by atoms with Crippen LogP contribution < -0.4 is 10.1 Å². The lowest BCUT2D eigenvalue weighted by atomic mass is 9.42. The molecule has 36 heavy (non-hydrogen) atoms. The molecule has 0 bridgehead atoms. The van der Waals surface area contributed by atoms with Gasteiger partial charge in [0.05, 0.1) is 23.7 Å². The van der Waals surface area contributed by atoms with Crippen molar-refractivity contribution in [2.75, 3.05) is 0 Å². The Labute approximate surface area is 212 Å². The molecule has 11 unspecified atom stereocenters. The van der Waals surface area contributed by atoms with Gasteiger partial charge in [0.1, 0.15) is 12.0 Å². The standard InChI is InChI=1S/C29H39NO6/c1-15-10-11-21-27(2,3)24(32)20(35-16-8-6-5-7-9-16)14-29(21)28(15,4)13-18-19(31)12-17-22(23(18)36-29)26(34)30-25(17)33/h5-9,15,17-23,26,31,34H,10-14H2,1-4H3,(H,30,33). The van der Waals surface area contributed by atoms with Crippen molar-refractivity contribution in [3.05, 3.63) is 30.3 Å². The minimum atomic E-state index is -0.989.